The molecule has 204 valence electrons. The van der Waals surface area contributed by atoms with Crippen LogP contribution in [0.2, 0.25) is 0 Å². The lowest BCUT2D eigenvalue weighted by Gasteiger charge is -2.64. The maximum atomic E-state index is 12.2. The second-order valence-corrected chi connectivity index (χ2v) is 12.8. The van der Waals surface area contributed by atoms with Crippen LogP contribution in [0.15, 0.2) is 0 Å². The molecule has 7 heteroatoms. The molecule has 0 saturated heterocycles. The van der Waals surface area contributed by atoms with Gasteiger partial charge in [0.2, 0.25) is 0 Å². The molecule has 4 rings (SSSR count). The number of aliphatic hydroxyl groups is 1. The second-order valence-electron chi connectivity index (χ2n) is 12.8. The second kappa shape index (κ2) is 10.3. The lowest BCUT2D eigenvalue weighted by atomic mass is 9.43. The van der Waals surface area contributed by atoms with Gasteiger partial charge in [0.25, 0.3) is 0 Å². The molecule has 0 amide bonds. The minimum Gasteiger partial charge on any atom is -0.469 e. The van der Waals surface area contributed by atoms with E-state index in [-0.39, 0.29) is 64.6 Å². The molecule has 0 aromatic carbocycles. The van der Waals surface area contributed by atoms with Crippen molar-refractivity contribution in [2.75, 3.05) is 7.11 Å². The standard InChI is InChI=1S/C29H46O7/c1-16(7-10-26(33)34-6)21-8-9-22-27-23(15-25(32)29(21,22)5)28(4)12-11-20(35-17(2)30)13-19(28)14-24(27)36-18(3)31/h16,19-25,27,32H,7-15H2,1-6H3/t16-,19+,20-,21-,22+,23+,24+,25+,27+,28-,29-/m0/s1. The van der Waals surface area contributed by atoms with E-state index in [2.05, 4.69) is 20.8 Å². The summed E-state index contributed by atoms with van der Waals surface area (Å²) in [5.74, 6) is 0.965. The topological polar surface area (TPSA) is 99.1 Å². The van der Waals surface area contributed by atoms with E-state index < -0.39 is 6.10 Å². The van der Waals surface area contributed by atoms with Crippen LogP contribution in [0.25, 0.3) is 0 Å². The molecule has 4 aliphatic rings. The van der Waals surface area contributed by atoms with E-state index in [1.54, 1.807) is 0 Å². The zero-order valence-electron chi connectivity index (χ0n) is 23.0. The summed E-state index contributed by atoms with van der Waals surface area (Å²) in [4.78, 5) is 35.7. The number of rotatable bonds is 6. The van der Waals surface area contributed by atoms with Gasteiger partial charge in [0.05, 0.1) is 13.2 Å². The van der Waals surface area contributed by atoms with Crippen molar-refractivity contribution in [3.05, 3.63) is 0 Å². The third kappa shape index (κ3) is 4.69. The van der Waals surface area contributed by atoms with Crippen LogP contribution in [0.5, 0.6) is 0 Å². The Morgan fingerprint density at radius 2 is 1.67 bits per heavy atom. The maximum Gasteiger partial charge on any atom is 0.305 e. The van der Waals surface area contributed by atoms with E-state index in [1.807, 2.05) is 0 Å². The van der Waals surface area contributed by atoms with Gasteiger partial charge in [-0.15, -0.1) is 0 Å². The molecule has 1 N–H and O–H groups in total. The zero-order valence-corrected chi connectivity index (χ0v) is 23.0. The SMILES string of the molecule is COC(=O)CC[C@H](C)[C@@H]1CC[C@@H]2[C@@H]3[C@@H](C[C@@H](O)[C@]21C)[C@@]1(C)CC[C@H](OC(C)=O)C[C@@H]1C[C@H]3OC(C)=O. The number of hydrogen-bond donors (Lipinski definition) is 1. The summed E-state index contributed by atoms with van der Waals surface area (Å²) in [7, 11) is 1.43. The lowest BCUT2D eigenvalue weighted by molar-refractivity contribution is -0.218. The van der Waals surface area contributed by atoms with Gasteiger partial charge >= 0.3 is 17.9 Å². The highest BCUT2D eigenvalue weighted by Gasteiger charge is 2.66. The summed E-state index contributed by atoms with van der Waals surface area (Å²) in [6.45, 7) is 9.78. The Bertz CT molecular complexity index is 857. The molecule has 4 fully saturated rings. The van der Waals surface area contributed by atoms with E-state index in [9.17, 15) is 19.5 Å². The first kappa shape index (κ1) is 27.4. The molecule has 0 aromatic heterocycles. The van der Waals surface area contributed by atoms with Crippen molar-refractivity contribution >= 4 is 17.9 Å². The van der Waals surface area contributed by atoms with Crippen LogP contribution >= 0.6 is 0 Å². The molecule has 0 bridgehead atoms. The molecule has 0 aromatic rings. The highest BCUT2D eigenvalue weighted by atomic mass is 16.5. The average molecular weight is 507 g/mol. The summed E-state index contributed by atoms with van der Waals surface area (Å²) < 4.78 is 16.5. The number of methoxy groups -OCH3 is 1. The summed E-state index contributed by atoms with van der Waals surface area (Å²) in [6, 6.07) is 0. The number of aliphatic hydroxyl groups excluding tert-OH is 1. The molecule has 0 aliphatic heterocycles. The molecule has 0 heterocycles. The smallest absolute Gasteiger partial charge is 0.305 e. The summed E-state index contributed by atoms with van der Waals surface area (Å²) in [6.07, 6.45) is 6.59. The van der Waals surface area contributed by atoms with Gasteiger partial charge in [-0.1, -0.05) is 20.8 Å². The van der Waals surface area contributed by atoms with Crippen LogP contribution in [-0.4, -0.2) is 48.4 Å². The summed E-state index contributed by atoms with van der Waals surface area (Å²) in [5, 5.41) is 11.8. The minimum atomic E-state index is -0.434. The van der Waals surface area contributed by atoms with Crippen LogP contribution in [0.1, 0.15) is 92.4 Å². The molecule has 0 radical (unpaired) electrons. The van der Waals surface area contributed by atoms with E-state index in [1.165, 1.54) is 21.0 Å². The van der Waals surface area contributed by atoms with Crippen LogP contribution in [-0.2, 0) is 28.6 Å². The van der Waals surface area contributed by atoms with Gasteiger partial charge < -0.3 is 19.3 Å². The van der Waals surface area contributed by atoms with Gasteiger partial charge in [-0.05, 0) is 91.8 Å². The Morgan fingerprint density at radius 3 is 2.31 bits per heavy atom. The van der Waals surface area contributed by atoms with Crippen LogP contribution in [0.3, 0.4) is 0 Å². The molecule has 36 heavy (non-hydrogen) atoms. The largest absolute Gasteiger partial charge is 0.469 e. The highest BCUT2D eigenvalue weighted by molar-refractivity contribution is 5.69. The van der Waals surface area contributed by atoms with Crippen LogP contribution < -0.4 is 0 Å². The van der Waals surface area contributed by atoms with E-state index >= 15 is 0 Å². The molecular weight excluding hydrogens is 460 g/mol. The fourth-order valence-electron chi connectivity index (χ4n) is 9.42. The normalized spacial score (nSPS) is 44.4. The molecule has 11 atom stereocenters. The molecule has 0 unspecified atom stereocenters. The third-order valence-corrected chi connectivity index (χ3v) is 11.2. The number of hydrogen-bond acceptors (Lipinski definition) is 7. The van der Waals surface area contributed by atoms with Crippen molar-refractivity contribution in [3.8, 4) is 0 Å². The monoisotopic (exact) mass is 506 g/mol. The Labute approximate surface area is 216 Å². The average Bonchev–Trinajstić information content (AvgIpc) is 3.16. The van der Waals surface area contributed by atoms with Gasteiger partial charge in [0, 0.05) is 26.2 Å². The Morgan fingerprint density at radius 1 is 0.972 bits per heavy atom. The molecule has 7 nitrogen and oxygen atoms in total. The Hall–Kier alpha value is -1.63. The van der Waals surface area contributed by atoms with E-state index in [4.69, 9.17) is 14.2 Å². The lowest BCUT2D eigenvalue weighted by Crippen LogP contribution is -2.63. The van der Waals surface area contributed by atoms with Crippen molar-refractivity contribution in [3.63, 3.8) is 0 Å². The summed E-state index contributed by atoms with van der Waals surface area (Å²) >= 11 is 0. The molecule has 4 aliphatic carbocycles. The number of carbonyl (C=O) groups is 3. The number of carbonyl (C=O) groups excluding carboxylic acids is 3. The number of ether oxygens (including phenoxy) is 3. The van der Waals surface area contributed by atoms with Gasteiger partial charge in [-0.3, -0.25) is 14.4 Å². The zero-order chi connectivity index (χ0) is 26.4. The quantitative estimate of drug-likeness (QED) is 0.412. The first-order valence-corrected chi connectivity index (χ1v) is 14.0. The van der Waals surface area contributed by atoms with Crippen molar-refractivity contribution in [2.45, 2.75) is 111 Å². The predicted molar refractivity (Wildman–Crippen MR) is 134 cm³/mol. The number of esters is 3. The summed E-state index contributed by atoms with van der Waals surface area (Å²) in [5.41, 5.74) is -0.248. The highest BCUT2D eigenvalue weighted by Crippen LogP contribution is 2.68. The van der Waals surface area contributed by atoms with E-state index in [0.29, 0.717) is 24.7 Å². The van der Waals surface area contributed by atoms with Gasteiger partial charge in [0.1, 0.15) is 12.2 Å². The first-order valence-electron chi connectivity index (χ1n) is 14.0. The first-order chi connectivity index (χ1) is 16.9. The molecule has 4 saturated carbocycles. The van der Waals surface area contributed by atoms with E-state index in [0.717, 1.165) is 44.9 Å². The fourth-order valence-corrected chi connectivity index (χ4v) is 9.42. The third-order valence-electron chi connectivity index (χ3n) is 11.2. The van der Waals surface area contributed by atoms with Gasteiger partial charge in [-0.25, -0.2) is 0 Å². The predicted octanol–water partition coefficient (Wildman–Crippen LogP) is 4.68. The van der Waals surface area contributed by atoms with Crippen LogP contribution in [0, 0.1) is 46.3 Å². The Kier molecular flexibility index (Phi) is 7.81. The molecular formula is C29H46O7. The van der Waals surface area contributed by atoms with Crippen molar-refractivity contribution in [1.82, 2.24) is 0 Å². The molecule has 0 spiro atoms. The van der Waals surface area contributed by atoms with Gasteiger partial charge in [0.15, 0.2) is 0 Å². The minimum absolute atomic E-state index is 0.0227. The Balaban J connectivity index is 1.62. The van der Waals surface area contributed by atoms with Gasteiger partial charge in [-0.2, -0.15) is 0 Å². The number of fused-ring (bicyclic) bond motifs is 5. The van der Waals surface area contributed by atoms with Crippen LogP contribution in [0.4, 0.5) is 0 Å². The van der Waals surface area contributed by atoms with Crippen molar-refractivity contribution in [1.29, 1.82) is 0 Å². The fraction of sp³-hybridized carbons (Fsp3) is 0.897. The van der Waals surface area contributed by atoms with Crippen molar-refractivity contribution < 1.29 is 33.7 Å². The maximum absolute atomic E-state index is 12.2. The van der Waals surface area contributed by atoms with Crippen molar-refractivity contribution in [2.24, 2.45) is 46.3 Å².